The van der Waals surface area contributed by atoms with Gasteiger partial charge in [-0.05, 0) is 51.3 Å². The average Bonchev–Trinajstić information content (AvgIpc) is 2.58. The molecule has 1 N–H and O–H groups in total. The van der Waals surface area contributed by atoms with Crippen LogP contribution in [0.5, 0.6) is 5.75 Å². The molecule has 152 valence electrons. The van der Waals surface area contributed by atoms with Crippen molar-refractivity contribution >= 4 is 23.0 Å². The van der Waals surface area contributed by atoms with Crippen LogP contribution in [0.15, 0.2) is 33.5 Å². The van der Waals surface area contributed by atoms with E-state index in [9.17, 15) is 14.4 Å². The molecule has 0 saturated heterocycles. The number of rotatable bonds is 6. The summed E-state index contributed by atoms with van der Waals surface area (Å²) >= 11 is 0. The fraction of sp³-hybridized carbons (Fsp3) is 0.476. The van der Waals surface area contributed by atoms with E-state index in [1.54, 1.807) is 32.9 Å². The molecule has 2 rings (SSSR count). The molecule has 0 radical (unpaired) electrons. The van der Waals surface area contributed by atoms with Crippen LogP contribution < -0.4 is 15.7 Å². The van der Waals surface area contributed by atoms with Gasteiger partial charge in [-0.2, -0.15) is 0 Å². The van der Waals surface area contributed by atoms with Crippen LogP contribution >= 0.6 is 0 Å². The van der Waals surface area contributed by atoms with Gasteiger partial charge in [-0.25, -0.2) is 14.4 Å². The molecule has 0 aliphatic rings. The maximum absolute atomic E-state index is 12.5. The summed E-state index contributed by atoms with van der Waals surface area (Å²) in [6.07, 6.45) is 1.07. The van der Waals surface area contributed by atoms with Crippen molar-refractivity contribution in [2.75, 3.05) is 0 Å². The lowest BCUT2D eigenvalue weighted by atomic mass is 10.1. The van der Waals surface area contributed by atoms with Gasteiger partial charge in [-0.15, -0.1) is 0 Å². The van der Waals surface area contributed by atoms with Crippen molar-refractivity contribution in [2.45, 2.75) is 65.5 Å². The van der Waals surface area contributed by atoms with Gasteiger partial charge < -0.3 is 19.2 Å². The fourth-order valence-corrected chi connectivity index (χ4v) is 2.74. The van der Waals surface area contributed by atoms with E-state index in [2.05, 4.69) is 5.32 Å². The van der Waals surface area contributed by atoms with E-state index in [4.69, 9.17) is 13.9 Å². The smallest absolute Gasteiger partial charge is 0.408 e. The number of hydrogen-bond donors (Lipinski definition) is 1. The highest BCUT2D eigenvalue weighted by Gasteiger charge is 2.25. The highest BCUT2D eigenvalue weighted by molar-refractivity contribution is 5.85. The number of aryl methyl sites for hydroxylation is 1. The quantitative estimate of drug-likeness (QED) is 0.457. The molecule has 7 heteroatoms. The van der Waals surface area contributed by atoms with Gasteiger partial charge in [-0.1, -0.05) is 20.3 Å². The first-order chi connectivity index (χ1) is 13.1. The molecule has 1 aromatic carbocycles. The fourth-order valence-electron chi connectivity index (χ4n) is 2.74. The number of fused-ring (bicyclic) bond motifs is 1. The van der Waals surface area contributed by atoms with E-state index in [0.717, 1.165) is 10.9 Å². The van der Waals surface area contributed by atoms with Gasteiger partial charge in [0.05, 0.1) is 0 Å². The average molecular weight is 389 g/mol. The molecule has 0 aliphatic heterocycles. The van der Waals surface area contributed by atoms with Crippen LogP contribution in [0.25, 0.3) is 11.0 Å². The van der Waals surface area contributed by atoms with Gasteiger partial charge in [0.2, 0.25) is 0 Å². The lowest BCUT2D eigenvalue weighted by Gasteiger charge is -2.22. The van der Waals surface area contributed by atoms with Crippen LogP contribution in [0.3, 0.4) is 0 Å². The summed E-state index contributed by atoms with van der Waals surface area (Å²) in [7, 11) is 0. The van der Waals surface area contributed by atoms with Gasteiger partial charge in [0, 0.05) is 17.5 Å². The number of carbonyl (C=O) groups is 2. The Morgan fingerprint density at radius 3 is 2.50 bits per heavy atom. The van der Waals surface area contributed by atoms with E-state index < -0.39 is 29.3 Å². The molecule has 0 fully saturated rings. The van der Waals surface area contributed by atoms with Crippen LogP contribution in [0, 0.1) is 0 Å². The number of ether oxygens (including phenoxy) is 2. The third-order valence-corrected chi connectivity index (χ3v) is 3.95. The second-order valence-corrected chi connectivity index (χ2v) is 7.51. The third-order valence-electron chi connectivity index (χ3n) is 3.95. The van der Waals surface area contributed by atoms with Crippen molar-refractivity contribution in [1.29, 1.82) is 0 Å². The molecule has 2 aromatic rings. The number of esters is 1. The Labute approximate surface area is 164 Å². The molecule has 0 unspecified atom stereocenters. The number of alkyl carbamates (subject to hydrolysis) is 1. The Hall–Kier alpha value is -2.83. The molecule has 1 atom stereocenters. The molecule has 7 nitrogen and oxygen atoms in total. The molecule has 0 aliphatic carbocycles. The van der Waals surface area contributed by atoms with Crippen molar-refractivity contribution in [3.05, 3.63) is 40.2 Å². The summed E-state index contributed by atoms with van der Waals surface area (Å²) in [6.45, 7) is 9.07. The summed E-state index contributed by atoms with van der Waals surface area (Å²) in [4.78, 5) is 36.2. The Morgan fingerprint density at radius 1 is 1.18 bits per heavy atom. The Bertz CT molecular complexity index is 909. The number of amides is 1. The second-order valence-electron chi connectivity index (χ2n) is 7.51. The zero-order valence-electron chi connectivity index (χ0n) is 17.0. The van der Waals surface area contributed by atoms with Crippen LogP contribution in [-0.2, 0) is 16.0 Å². The van der Waals surface area contributed by atoms with Gasteiger partial charge in [0.25, 0.3) is 0 Å². The van der Waals surface area contributed by atoms with Gasteiger partial charge in [-0.3, -0.25) is 0 Å². The van der Waals surface area contributed by atoms with Crippen LogP contribution in [-0.4, -0.2) is 23.7 Å². The molecule has 28 heavy (non-hydrogen) atoms. The molecule has 1 heterocycles. The Kier molecular flexibility index (Phi) is 6.83. The molecule has 1 aromatic heterocycles. The normalized spacial score (nSPS) is 12.5. The summed E-state index contributed by atoms with van der Waals surface area (Å²) in [5, 5.41) is 3.34. The van der Waals surface area contributed by atoms with Gasteiger partial charge in [0.15, 0.2) is 0 Å². The number of hydrogen-bond acceptors (Lipinski definition) is 6. The zero-order valence-corrected chi connectivity index (χ0v) is 17.0. The highest BCUT2D eigenvalue weighted by Crippen LogP contribution is 2.23. The van der Waals surface area contributed by atoms with Crippen molar-refractivity contribution in [1.82, 2.24) is 5.32 Å². The molecule has 1 amide bonds. The SMILES string of the molecule is CCC[C@@H](NC(=O)OC(C)(C)C)C(=O)Oc1ccc2c(CC)cc(=O)oc2c1. The summed E-state index contributed by atoms with van der Waals surface area (Å²) < 4.78 is 15.8. The van der Waals surface area contributed by atoms with Crippen molar-refractivity contribution in [3.8, 4) is 5.75 Å². The Morgan fingerprint density at radius 2 is 1.89 bits per heavy atom. The predicted octanol–water partition coefficient (Wildman–Crippen LogP) is 3.95. The minimum Gasteiger partial charge on any atom is -0.444 e. The first-order valence-corrected chi connectivity index (χ1v) is 9.41. The van der Waals surface area contributed by atoms with E-state index in [0.29, 0.717) is 24.8 Å². The summed E-state index contributed by atoms with van der Waals surface area (Å²) in [5.74, 6) is -0.373. The van der Waals surface area contributed by atoms with Crippen LogP contribution in [0.1, 0.15) is 53.0 Å². The molecule has 0 bridgehead atoms. The van der Waals surface area contributed by atoms with E-state index in [1.807, 2.05) is 13.8 Å². The first kappa shape index (κ1) is 21.5. The van der Waals surface area contributed by atoms with E-state index in [-0.39, 0.29) is 5.75 Å². The minimum absolute atomic E-state index is 0.237. The number of carbonyl (C=O) groups excluding carboxylic acids is 2. The van der Waals surface area contributed by atoms with Crippen molar-refractivity contribution in [2.24, 2.45) is 0 Å². The second kappa shape index (κ2) is 8.91. The van der Waals surface area contributed by atoms with Gasteiger partial charge >= 0.3 is 17.7 Å². The number of benzene rings is 1. The molecular formula is C21H27NO6. The van der Waals surface area contributed by atoms with Crippen LogP contribution in [0.2, 0.25) is 0 Å². The topological polar surface area (TPSA) is 94.8 Å². The summed E-state index contributed by atoms with van der Waals surface area (Å²) in [5.41, 5.74) is 0.0853. The van der Waals surface area contributed by atoms with E-state index in [1.165, 1.54) is 12.1 Å². The molecule has 0 saturated carbocycles. The van der Waals surface area contributed by atoms with Crippen molar-refractivity contribution in [3.63, 3.8) is 0 Å². The predicted molar refractivity (Wildman–Crippen MR) is 106 cm³/mol. The monoisotopic (exact) mass is 389 g/mol. The maximum Gasteiger partial charge on any atom is 0.408 e. The standard InChI is InChI=1S/C21H27NO6/c1-6-8-16(22-20(25)28-21(3,4)5)19(24)26-14-9-10-15-13(7-2)11-18(23)27-17(15)12-14/h9-12,16H,6-8H2,1-5H3,(H,22,25)/t16-/m1/s1. The molecular weight excluding hydrogens is 362 g/mol. The van der Waals surface area contributed by atoms with E-state index >= 15 is 0 Å². The highest BCUT2D eigenvalue weighted by atomic mass is 16.6. The van der Waals surface area contributed by atoms with Crippen molar-refractivity contribution < 1.29 is 23.5 Å². The lowest BCUT2D eigenvalue weighted by molar-refractivity contribution is -0.137. The summed E-state index contributed by atoms with van der Waals surface area (Å²) in [6, 6.07) is 5.50. The first-order valence-electron chi connectivity index (χ1n) is 9.41. The minimum atomic E-state index is -0.843. The number of nitrogens with one attached hydrogen (secondary N) is 1. The molecule has 0 spiro atoms. The lowest BCUT2D eigenvalue weighted by Crippen LogP contribution is -2.45. The van der Waals surface area contributed by atoms with Gasteiger partial charge in [0.1, 0.15) is 23.0 Å². The Balaban J connectivity index is 2.18. The zero-order chi connectivity index (χ0) is 20.9. The largest absolute Gasteiger partial charge is 0.444 e. The third kappa shape index (κ3) is 5.84. The maximum atomic E-state index is 12.5. The van der Waals surface area contributed by atoms with Crippen LogP contribution in [0.4, 0.5) is 4.79 Å².